The molecule has 0 radical (unpaired) electrons. The second-order valence-corrected chi connectivity index (χ2v) is 8.63. The first kappa shape index (κ1) is 21.2. The first-order valence-electron chi connectivity index (χ1n) is 9.72. The average molecular weight is 465 g/mol. The van der Waals surface area contributed by atoms with E-state index in [0.29, 0.717) is 32.9 Å². The molecule has 1 saturated carbocycles. The maximum atomic E-state index is 12.9. The number of nitrogens with zero attached hydrogens (tertiary/aromatic N) is 2. The molecule has 1 amide bonds. The lowest BCUT2D eigenvalue weighted by Crippen LogP contribution is -2.45. The highest BCUT2D eigenvalue weighted by Crippen LogP contribution is 2.32. The van der Waals surface area contributed by atoms with Crippen LogP contribution in [0.2, 0.25) is 15.1 Å². The zero-order chi connectivity index (χ0) is 21.3. The Bertz CT molecular complexity index is 1070. The molecule has 1 aliphatic rings. The molecule has 2 aromatic carbocycles. The van der Waals surface area contributed by atoms with Crippen LogP contribution >= 0.6 is 34.8 Å². The van der Waals surface area contributed by atoms with Crippen molar-refractivity contribution in [1.82, 2.24) is 14.9 Å². The van der Waals surface area contributed by atoms with Gasteiger partial charge in [-0.25, -0.2) is 4.98 Å². The number of aliphatic hydroxyl groups is 1. The zero-order valence-corrected chi connectivity index (χ0v) is 18.3. The quantitative estimate of drug-likeness (QED) is 0.533. The highest BCUT2D eigenvalue weighted by atomic mass is 35.5. The van der Waals surface area contributed by atoms with E-state index in [4.69, 9.17) is 34.8 Å². The van der Waals surface area contributed by atoms with E-state index in [1.807, 2.05) is 12.1 Å². The van der Waals surface area contributed by atoms with Crippen LogP contribution in [0.15, 0.2) is 48.7 Å². The third kappa shape index (κ3) is 4.49. The van der Waals surface area contributed by atoms with Crippen molar-refractivity contribution in [2.75, 3.05) is 0 Å². The predicted octanol–water partition coefficient (Wildman–Crippen LogP) is 5.53. The standard InChI is InChI=1S/C22H20Cl3N3O2/c23-13-5-8-15(9-6-13)28-12-19(22(30)27-18-3-1-2-4-20(18)29)26-21(28)16-10-7-14(24)11-17(16)25/h5-12,18,20,29H,1-4H2,(H,27,30)/t18-,20-/m1/s1. The molecule has 1 fully saturated rings. The van der Waals surface area contributed by atoms with Gasteiger partial charge < -0.3 is 10.4 Å². The van der Waals surface area contributed by atoms with Gasteiger partial charge in [0.15, 0.2) is 0 Å². The topological polar surface area (TPSA) is 67.2 Å². The van der Waals surface area contributed by atoms with Gasteiger partial charge in [-0.1, -0.05) is 47.6 Å². The van der Waals surface area contributed by atoms with E-state index in [2.05, 4.69) is 10.3 Å². The number of rotatable bonds is 4. The van der Waals surface area contributed by atoms with Gasteiger partial charge in [0.05, 0.1) is 17.2 Å². The van der Waals surface area contributed by atoms with Crippen molar-refractivity contribution in [3.63, 3.8) is 0 Å². The molecule has 4 rings (SSSR count). The molecule has 1 aliphatic carbocycles. The number of aliphatic hydroxyl groups excluding tert-OH is 1. The fourth-order valence-electron chi connectivity index (χ4n) is 3.67. The van der Waals surface area contributed by atoms with E-state index in [9.17, 15) is 9.90 Å². The molecular weight excluding hydrogens is 445 g/mol. The number of carbonyl (C=O) groups is 1. The van der Waals surface area contributed by atoms with Crippen LogP contribution in [0.25, 0.3) is 17.1 Å². The Morgan fingerprint density at radius 1 is 1.03 bits per heavy atom. The number of halogens is 3. The maximum absolute atomic E-state index is 12.9. The third-order valence-electron chi connectivity index (χ3n) is 5.26. The molecule has 8 heteroatoms. The maximum Gasteiger partial charge on any atom is 0.271 e. The number of nitrogens with one attached hydrogen (secondary N) is 1. The number of aromatic nitrogens is 2. The molecule has 0 saturated heterocycles. The van der Waals surface area contributed by atoms with Crippen molar-refractivity contribution in [3.05, 3.63) is 69.4 Å². The molecule has 5 nitrogen and oxygen atoms in total. The summed E-state index contributed by atoms with van der Waals surface area (Å²) in [6.07, 6.45) is 4.52. The highest BCUT2D eigenvalue weighted by molar-refractivity contribution is 6.36. The summed E-state index contributed by atoms with van der Waals surface area (Å²) in [6.45, 7) is 0. The van der Waals surface area contributed by atoms with Crippen LogP contribution in [0, 0.1) is 0 Å². The van der Waals surface area contributed by atoms with Gasteiger partial charge in [-0.3, -0.25) is 9.36 Å². The number of hydrogen-bond acceptors (Lipinski definition) is 3. The Balaban J connectivity index is 1.73. The van der Waals surface area contributed by atoms with Crippen molar-refractivity contribution in [2.45, 2.75) is 37.8 Å². The van der Waals surface area contributed by atoms with Crippen LogP contribution in [0.3, 0.4) is 0 Å². The molecule has 30 heavy (non-hydrogen) atoms. The largest absolute Gasteiger partial charge is 0.391 e. The van der Waals surface area contributed by atoms with Gasteiger partial charge in [-0.15, -0.1) is 0 Å². The second kappa shape index (κ2) is 8.98. The molecule has 2 N–H and O–H groups in total. The van der Waals surface area contributed by atoms with Crippen molar-refractivity contribution in [1.29, 1.82) is 0 Å². The number of carbonyl (C=O) groups excluding carboxylic acids is 1. The molecule has 0 aliphatic heterocycles. The first-order chi connectivity index (χ1) is 14.4. The van der Waals surface area contributed by atoms with Crippen molar-refractivity contribution in [2.24, 2.45) is 0 Å². The van der Waals surface area contributed by atoms with Gasteiger partial charge >= 0.3 is 0 Å². The van der Waals surface area contributed by atoms with Gasteiger partial charge in [-0.2, -0.15) is 0 Å². The lowest BCUT2D eigenvalue weighted by molar-refractivity contribution is 0.0714. The minimum atomic E-state index is -0.536. The van der Waals surface area contributed by atoms with Crippen LogP contribution in [-0.4, -0.2) is 32.7 Å². The van der Waals surface area contributed by atoms with Gasteiger partial charge in [0.25, 0.3) is 5.91 Å². The molecule has 0 spiro atoms. The van der Waals surface area contributed by atoms with E-state index in [-0.39, 0.29) is 17.6 Å². The molecule has 1 aromatic heterocycles. The lowest BCUT2D eigenvalue weighted by atomic mass is 9.92. The summed E-state index contributed by atoms with van der Waals surface area (Å²) < 4.78 is 1.79. The molecule has 0 bridgehead atoms. The minimum absolute atomic E-state index is 0.240. The SMILES string of the molecule is O=C(N[C@@H]1CCCC[C@H]1O)c1cn(-c2ccc(Cl)cc2)c(-c2ccc(Cl)cc2Cl)n1. The predicted molar refractivity (Wildman–Crippen MR) is 120 cm³/mol. The first-order valence-corrected chi connectivity index (χ1v) is 10.9. The molecule has 1 heterocycles. The molecular formula is C22H20Cl3N3O2. The van der Waals surface area contributed by atoms with Crippen LogP contribution in [0.1, 0.15) is 36.2 Å². The Hall–Kier alpha value is -2.05. The Kier molecular flexibility index (Phi) is 6.34. The van der Waals surface area contributed by atoms with Crippen LogP contribution in [0.4, 0.5) is 0 Å². The Morgan fingerprint density at radius 2 is 1.73 bits per heavy atom. The smallest absolute Gasteiger partial charge is 0.271 e. The van der Waals surface area contributed by atoms with Gasteiger partial charge in [0.2, 0.25) is 0 Å². The van der Waals surface area contributed by atoms with E-state index < -0.39 is 6.10 Å². The normalized spacial score (nSPS) is 18.9. The summed E-state index contributed by atoms with van der Waals surface area (Å²) in [5.74, 6) is 0.174. The second-order valence-electron chi connectivity index (χ2n) is 7.35. The summed E-state index contributed by atoms with van der Waals surface area (Å²) in [5.41, 5.74) is 1.67. The number of amides is 1. The minimum Gasteiger partial charge on any atom is -0.391 e. The van der Waals surface area contributed by atoms with Gasteiger partial charge in [-0.05, 0) is 55.3 Å². The Morgan fingerprint density at radius 3 is 2.43 bits per heavy atom. The van der Waals surface area contributed by atoms with E-state index in [0.717, 1.165) is 24.9 Å². The summed E-state index contributed by atoms with van der Waals surface area (Å²) >= 11 is 18.5. The molecule has 156 valence electrons. The van der Waals surface area contributed by atoms with E-state index in [1.165, 1.54) is 0 Å². The number of benzene rings is 2. The van der Waals surface area contributed by atoms with Crippen molar-refractivity contribution >= 4 is 40.7 Å². The molecule has 2 atom stereocenters. The summed E-state index contributed by atoms with van der Waals surface area (Å²) in [4.78, 5) is 17.5. The van der Waals surface area contributed by atoms with Crippen LogP contribution in [-0.2, 0) is 0 Å². The van der Waals surface area contributed by atoms with Crippen molar-refractivity contribution < 1.29 is 9.90 Å². The fourth-order valence-corrected chi connectivity index (χ4v) is 4.29. The fraction of sp³-hybridized carbons (Fsp3) is 0.273. The molecule has 3 aromatic rings. The van der Waals surface area contributed by atoms with Gasteiger partial charge in [0, 0.05) is 27.5 Å². The average Bonchev–Trinajstić information content (AvgIpc) is 3.15. The molecule has 0 unspecified atom stereocenters. The highest BCUT2D eigenvalue weighted by Gasteiger charge is 2.26. The summed E-state index contributed by atoms with van der Waals surface area (Å²) in [6, 6.07) is 12.1. The summed E-state index contributed by atoms with van der Waals surface area (Å²) in [5, 5.41) is 14.7. The summed E-state index contributed by atoms with van der Waals surface area (Å²) in [7, 11) is 0. The van der Waals surface area contributed by atoms with E-state index >= 15 is 0 Å². The monoisotopic (exact) mass is 463 g/mol. The number of imidazole rings is 1. The van der Waals surface area contributed by atoms with Crippen LogP contribution < -0.4 is 5.32 Å². The van der Waals surface area contributed by atoms with Gasteiger partial charge in [0.1, 0.15) is 11.5 Å². The van der Waals surface area contributed by atoms with E-state index in [1.54, 1.807) is 41.1 Å². The third-order valence-corrected chi connectivity index (χ3v) is 6.06. The Labute approximate surface area is 189 Å². The van der Waals surface area contributed by atoms with Crippen molar-refractivity contribution in [3.8, 4) is 17.1 Å². The van der Waals surface area contributed by atoms with Crippen LogP contribution in [0.5, 0.6) is 0 Å². The zero-order valence-electron chi connectivity index (χ0n) is 16.0. The number of hydrogen-bond donors (Lipinski definition) is 2. The lowest BCUT2D eigenvalue weighted by Gasteiger charge is -2.27.